The molecule has 12 heteroatoms. The lowest BCUT2D eigenvalue weighted by molar-refractivity contribution is -0.114. The van der Waals surface area contributed by atoms with Gasteiger partial charge in [0.25, 0.3) is 0 Å². The number of nitrogens with zero attached hydrogens (tertiary/aromatic N) is 4. The minimum absolute atomic E-state index is 0.120. The number of hydrogen-bond donors (Lipinski definition) is 2. The van der Waals surface area contributed by atoms with Gasteiger partial charge >= 0.3 is 0 Å². The molecule has 1 aliphatic heterocycles. The van der Waals surface area contributed by atoms with Crippen molar-refractivity contribution in [2.24, 2.45) is 0 Å². The molecule has 0 saturated carbocycles. The normalized spacial score (nSPS) is 18.2. The van der Waals surface area contributed by atoms with Crippen molar-refractivity contribution < 1.29 is 22.7 Å². The third-order valence-corrected chi connectivity index (χ3v) is 7.32. The van der Waals surface area contributed by atoms with Gasteiger partial charge in [0.05, 0.1) is 41.6 Å². The van der Waals surface area contributed by atoms with Crippen molar-refractivity contribution in [1.29, 1.82) is 0 Å². The molecule has 0 spiro atoms. The number of nitrogens with one attached hydrogen (secondary N) is 2. The van der Waals surface area contributed by atoms with Crippen molar-refractivity contribution in [1.82, 2.24) is 15.0 Å². The van der Waals surface area contributed by atoms with E-state index in [1.165, 1.54) is 13.0 Å². The van der Waals surface area contributed by atoms with Crippen LogP contribution in [-0.4, -0.2) is 66.9 Å². The zero-order valence-corrected chi connectivity index (χ0v) is 24.4. The Morgan fingerprint density at radius 2 is 1.85 bits per heavy atom. The van der Waals surface area contributed by atoms with Gasteiger partial charge in [-0.3, -0.25) is 9.78 Å². The SMILES string of the molecule is CCC(C)Oc1cc(Nc2cc(NC(C)=O)ncc2-c2ccc(N3C[C@@H](C)O[C@@H](C)C3)cn2)nc(S(C)(=O)=O)c1. The summed E-state index contributed by atoms with van der Waals surface area (Å²) in [6.45, 7) is 10.9. The zero-order valence-electron chi connectivity index (χ0n) is 23.6. The van der Waals surface area contributed by atoms with Gasteiger partial charge in [-0.05, 0) is 39.3 Å². The molecule has 1 fully saturated rings. The van der Waals surface area contributed by atoms with Gasteiger partial charge in [-0.25, -0.2) is 18.4 Å². The van der Waals surface area contributed by atoms with Crippen molar-refractivity contribution in [3.63, 3.8) is 0 Å². The van der Waals surface area contributed by atoms with E-state index in [-0.39, 0.29) is 35.1 Å². The Morgan fingerprint density at radius 3 is 2.45 bits per heavy atom. The Labute approximate surface area is 235 Å². The molecule has 0 radical (unpaired) electrons. The molecule has 2 N–H and O–H groups in total. The molecule has 0 bridgehead atoms. The number of ether oxygens (including phenoxy) is 2. The first kappa shape index (κ1) is 29.2. The molecule has 1 aliphatic rings. The van der Waals surface area contributed by atoms with E-state index in [9.17, 15) is 13.2 Å². The molecule has 214 valence electrons. The summed E-state index contributed by atoms with van der Waals surface area (Å²) >= 11 is 0. The maximum atomic E-state index is 12.4. The number of morpholine rings is 1. The van der Waals surface area contributed by atoms with E-state index in [0.717, 1.165) is 31.5 Å². The molecule has 0 aromatic carbocycles. The summed E-state index contributed by atoms with van der Waals surface area (Å²) in [5.41, 5.74) is 2.79. The number of anilines is 4. The Morgan fingerprint density at radius 1 is 1.12 bits per heavy atom. The van der Waals surface area contributed by atoms with Crippen LogP contribution in [0.25, 0.3) is 11.3 Å². The second kappa shape index (κ2) is 12.2. The van der Waals surface area contributed by atoms with Gasteiger partial charge in [0.1, 0.15) is 17.4 Å². The third-order valence-electron chi connectivity index (χ3n) is 6.35. The highest BCUT2D eigenvalue weighted by Crippen LogP contribution is 2.33. The number of pyridine rings is 3. The van der Waals surface area contributed by atoms with E-state index in [1.807, 2.05) is 32.2 Å². The van der Waals surface area contributed by atoms with Gasteiger partial charge < -0.3 is 25.0 Å². The van der Waals surface area contributed by atoms with E-state index in [0.29, 0.717) is 28.5 Å². The first-order valence-electron chi connectivity index (χ1n) is 13.2. The molecule has 1 amide bonds. The molecule has 4 rings (SSSR count). The predicted octanol–water partition coefficient (Wildman–Crippen LogP) is 4.44. The van der Waals surface area contributed by atoms with Crippen LogP contribution in [0.4, 0.5) is 23.0 Å². The smallest absolute Gasteiger partial charge is 0.222 e. The fourth-order valence-electron chi connectivity index (χ4n) is 4.39. The van der Waals surface area contributed by atoms with Gasteiger partial charge in [0.15, 0.2) is 14.9 Å². The fraction of sp³-hybridized carbons (Fsp3) is 0.429. The highest BCUT2D eigenvalue weighted by Gasteiger charge is 2.23. The largest absolute Gasteiger partial charge is 0.490 e. The lowest BCUT2D eigenvalue weighted by Crippen LogP contribution is -2.45. The maximum absolute atomic E-state index is 12.4. The molecule has 4 heterocycles. The van der Waals surface area contributed by atoms with Gasteiger partial charge in [0.2, 0.25) is 5.91 Å². The van der Waals surface area contributed by atoms with Crippen LogP contribution in [0.15, 0.2) is 47.8 Å². The van der Waals surface area contributed by atoms with E-state index in [2.05, 4.69) is 39.3 Å². The molecule has 3 aromatic heterocycles. The van der Waals surface area contributed by atoms with E-state index in [1.54, 1.807) is 18.3 Å². The predicted molar refractivity (Wildman–Crippen MR) is 155 cm³/mol. The average Bonchev–Trinajstić information content (AvgIpc) is 2.87. The lowest BCUT2D eigenvalue weighted by atomic mass is 10.1. The second-order valence-corrected chi connectivity index (χ2v) is 12.1. The van der Waals surface area contributed by atoms with Crippen LogP contribution in [0.1, 0.15) is 41.0 Å². The Bertz CT molecular complexity index is 1450. The number of aromatic nitrogens is 3. The Balaban J connectivity index is 1.72. The number of carbonyl (C=O) groups excluding carboxylic acids is 1. The van der Waals surface area contributed by atoms with Gasteiger partial charge in [-0.15, -0.1) is 0 Å². The quantitative estimate of drug-likeness (QED) is 0.381. The number of rotatable bonds is 9. The highest BCUT2D eigenvalue weighted by molar-refractivity contribution is 7.90. The van der Waals surface area contributed by atoms with Crippen molar-refractivity contribution in [3.8, 4) is 17.0 Å². The van der Waals surface area contributed by atoms with Gasteiger partial charge in [-0.1, -0.05) is 6.92 Å². The van der Waals surface area contributed by atoms with Crippen molar-refractivity contribution in [3.05, 3.63) is 42.7 Å². The second-order valence-electron chi connectivity index (χ2n) is 10.1. The van der Waals surface area contributed by atoms with Crippen LogP contribution in [-0.2, 0) is 19.4 Å². The maximum Gasteiger partial charge on any atom is 0.222 e. The summed E-state index contributed by atoms with van der Waals surface area (Å²) in [5, 5.41) is 5.76. The summed E-state index contributed by atoms with van der Waals surface area (Å²) in [6, 6.07) is 8.61. The van der Waals surface area contributed by atoms with E-state index >= 15 is 0 Å². The molecule has 3 atom stereocenters. The summed E-state index contributed by atoms with van der Waals surface area (Å²) in [7, 11) is -3.62. The molecule has 40 heavy (non-hydrogen) atoms. The Kier molecular flexibility index (Phi) is 8.89. The average molecular weight is 569 g/mol. The minimum atomic E-state index is -3.62. The minimum Gasteiger partial charge on any atom is -0.490 e. The number of hydrogen-bond acceptors (Lipinski definition) is 10. The highest BCUT2D eigenvalue weighted by atomic mass is 32.2. The third kappa shape index (κ3) is 7.45. The van der Waals surface area contributed by atoms with Crippen molar-refractivity contribution in [2.75, 3.05) is 34.9 Å². The van der Waals surface area contributed by atoms with Crippen molar-refractivity contribution >= 4 is 38.8 Å². The van der Waals surface area contributed by atoms with Crippen molar-refractivity contribution in [2.45, 2.75) is 64.4 Å². The molecule has 11 nitrogen and oxygen atoms in total. The molecule has 1 saturated heterocycles. The van der Waals surface area contributed by atoms with Gasteiger partial charge in [-0.2, -0.15) is 0 Å². The fourth-order valence-corrected chi connectivity index (χ4v) is 4.98. The number of sulfone groups is 1. The Hall–Kier alpha value is -3.77. The first-order chi connectivity index (χ1) is 18.9. The molecule has 3 aromatic rings. The van der Waals surface area contributed by atoms with Crippen LogP contribution in [0.2, 0.25) is 0 Å². The monoisotopic (exact) mass is 568 g/mol. The molecular weight excluding hydrogens is 532 g/mol. The molecule has 0 aliphatic carbocycles. The first-order valence-corrected chi connectivity index (χ1v) is 15.1. The standard InChI is InChI=1S/C28H36N6O5S/c1-7-17(2)39-22-10-27(33-28(11-22)40(6,36)37)32-25-12-26(31-20(5)35)30-14-23(25)24-9-8-21(13-29-24)34-15-18(3)38-19(4)16-34/h8-14,17-19H,7,15-16H2,1-6H3,(H2,30,31,32,33,35)/t17?,18-,19+. The van der Waals surface area contributed by atoms with Crippen LogP contribution in [0, 0.1) is 0 Å². The molecular formula is C28H36N6O5S. The zero-order chi connectivity index (χ0) is 29.0. The summed E-state index contributed by atoms with van der Waals surface area (Å²) in [6.07, 6.45) is 5.38. The number of carbonyl (C=O) groups is 1. The molecule has 1 unspecified atom stereocenters. The van der Waals surface area contributed by atoms with E-state index < -0.39 is 9.84 Å². The topological polar surface area (TPSA) is 136 Å². The number of amides is 1. The lowest BCUT2D eigenvalue weighted by Gasteiger charge is -2.36. The summed E-state index contributed by atoms with van der Waals surface area (Å²) in [5.74, 6) is 0.683. The van der Waals surface area contributed by atoms with Crippen LogP contribution in [0.3, 0.4) is 0 Å². The van der Waals surface area contributed by atoms with Crippen LogP contribution in [0.5, 0.6) is 5.75 Å². The van der Waals surface area contributed by atoms with Gasteiger partial charge in [0, 0.05) is 56.2 Å². The van der Waals surface area contributed by atoms with Crippen LogP contribution >= 0.6 is 0 Å². The summed E-state index contributed by atoms with van der Waals surface area (Å²) in [4.78, 5) is 27.3. The van der Waals surface area contributed by atoms with E-state index in [4.69, 9.17) is 14.5 Å². The summed E-state index contributed by atoms with van der Waals surface area (Å²) < 4.78 is 36.5. The van der Waals surface area contributed by atoms with Crippen LogP contribution < -0.4 is 20.3 Å².